The van der Waals surface area contributed by atoms with Crippen molar-refractivity contribution < 1.29 is 4.74 Å². The summed E-state index contributed by atoms with van der Waals surface area (Å²) in [7, 11) is 0. The molecule has 3 rings (SSSR count). The van der Waals surface area contributed by atoms with Crippen LogP contribution >= 0.6 is 0 Å². The number of aromatic nitrogens is 2. The van der Waals surface area contributed by atoms with E-state index in [1.807, 2.05) is 59.3 Å². The summed E-state index contributed by atoms with van der Waals surface area (Å²) in [6.45, 7) is 0.418. The van der Waals surface area contributed by atoms with E-state index in [0.29, 0.717) is 12.3 Å². The number of hydrogen-bond acceptors (Lipinski definition) is 3. The molecule has 0 unspecified atom stereocenters. The minimum atomic E-state index is 0.418. The van der Waals surface area contributed by atoms with Crippen molar-refractivity contribution >= 4 is 11.2 Å². The molecule has 4 heteroatoms. The number of fused-ring (bicyclic) bond motifs is 1. The van der Waals surface area contributed by atoms with Gasteiger partial charge in [0.1, 0.15) is 12.4 Å². The number of imidazole rings is 1. The highest BCUT2D eigenvalue weighted by Gasteiger charge is 2.04. The van der Waals surface area contributed by atoms with Gasteiger partial charge in [-0.05, 0) is 24.3 Å². The fraction of sp³-hybridized carbons (Fsp3) is 0.0714. The number of nitrogen functional groups attached to an aromatic ring is 1. The molecular weight excluding hydrogens is 226 g/mol. The van der Waals surface area contributed by atoms with Gasteiger partial charge >= 0.3 is 0 Å². The van der Waals surface area contributed by atoms with E-state index < -0.39 is 0 Å². The third-order valence-corrected chi connectivity index (χ3v) is 2.74. The Morgan fingerprint density at radius 1 is 1.11 bits per heavy atom. The van der Waals surface area contributed by atoms with Crippen LogP contribution in [0.1, 0.15) is 5.82 Å². The van der Waals surface area contributed by atoms with Crippen molar-refractivity contribution in [2.45, 2.75) is 6.61 Å². The van der Waals surface area contributed by atoms with Crippen molar-refractivity contribution in [2.24, 2.45) is 0 Å². The predicted octanol–water partition coefficient (Wildman–Crippen LogP) is 2.50. The van der Waals surface area contributed by atoms with Gasteiger partial charge in [-0.1, -0.05) is 18.2 Å². The highest BCUT2D eigenvalue weighted by Crippen LogP contribution is 2.14. The maximum absolute atomic E-state index is 5.77. The van der Waals surface area contributed by atoms with Gasteiger partial charge < -0.3 is 10.5 Å². The standard InChI is InChI=1S/C14H13N3O/c15-11-6-7-12-8-16-14(17(12)9-11)10-18-13-4-2-1-3-5-13/h1-9H,10,15H2. The minimum absolute atomic E-state index is 0.418. The van der Waals surface area contributed by atoms with Gasteiger partial charge in [0, 0.05) is 11.9 Å². The van der Waals surface area contributed by atoms with Crippen LogP contribution in [-0.4, -0.2) is 9.38 Å². The topological polar surface area (TPSA) is 52.5 Å². The molecule has 2 N–H and O–H groups in total. The summed E-state index contributed by atoms with van der Waals surface area (Å²) in [4.78, 5) is 4.33. The molecule has 0 atom stereocenters. The summed E-state index contributed by atoms with van der Waals surface area (Å²) in [6.07, 6.45) is 3.66. The second-order valence-electron chi connectivity index (χ2n) is 4.03. The molecule has 0 saturated heterocycles. The maximum atomic E-state index is 5.77. The van der Waals surface area contributed by atoms with E-state index in [4.69, 9.17) is 10.5 Å². The highest BCUT2D eigenvalue weighted by atomic mass is 16.5. The Balaban J connectivity index is 1.85. The number of pyridine rings is 1. The van der Waals surface area contributed by atoms with Crippen molar-refractivity contribution in [1.82, 2.24) is 9.38 Å². The molecule has 0 spiro atoms. The lowest BCUT2D eigenvalue weighted by atomic mass is 10.3. The molecule has 2 heterocycles. The fourth-order valence-corrected chi connectivity index (χ4v) is 1.83. The first-order valence-electron chi connectivity index (χ1n) is 5.72. The number of anilines is 1. The number of hydrogen-bond donors (Lipinski definition) is 1. The Morgan fingerprint density at radius 2 is 1.94 bits per heavy atom. The lowest BCUT2D eigenvalue weighted by Crippen LogP contribution is -2.01. The molecule has 0 bridgehead atoms. The van der Waals surface area contributed by atoms with E-state index in [1.54, 1.807) is 0 Å². The van der Waals surface area contributed by atoms with Crippen LogP contribution in [0.3, 0.4) is 0 Å². The Hall–Kier alpha value is -2.49. The normalized spacial score (nSPS) is 10.7. The largest absolute Gasteiger partial charge is 0.486 e. The molecule has 18 heavy (non-hydrogen) atoms. The van der Waals surface area contributed by atoms with E-state index >= 15 is 0 Å². The Kier molecular flexibility index (Phi) is 2.61. The first-order valence-corrected chi connectivity index (χ1v) is 5.72. The number of nitrogens with zero attached hydrogens (tertiary/aromatic N) is 2. The van der Waals surface area contributed by atoms with Crippen molar-refractivity contribution in [3.63, 3.8) is 0 Å². The van der Waals surface area contributed by atoms with Gasteiger partial charge in [0.05, 0.1) is 11.7 Å². The summed E-state index contributed by atoms with van der Waals surface area (Å²) < 4.78 is 7.62. The van der Waals surface area contributed by atoms with Crippen molar-refractivity contribution in [3.05, 3.63) is 60.7 Å². The molecule has 0 saturated carbocycles. The van der Waals surface area contributed by atoms with E-state index in [2.05, 4.69) is 4.98 Å². The van der Waals surface area contributed by atoms with Crippen LogP contribution in [0, 0.1) is 0 Å². The second-order valence-corrected chi connectivity index (χ2v) is 4.03. The zero-order valence-electron chi connectivity index (χ0n) is 9.78. The summed E-state index contributed by atoms with van der Waals surface area (Å²) >= 11 is 0. The van der Waals surface area contributed by atoms with Crippen LogP contribution in [-0.2, 0) is 6.61 Å². The van der Waals surface area contributed by atoms with Gasteiger partial charge in [-0.25, -0.2) is 4.98 Å². The van der Waals surface area contributed by atoms with Gasteiger partial charge in [-0.15, -0.1) is 0 Å². The Morgan fingerprint density at radius 3 is 2.78 bits per heavy atom. The van der Waals surface area contributed by atoms with Gasteiger partial charge in [0.15, 0.2) is 5.82 Å². The van der Waals surface area contributed by atoms with Crippen LogP contribution in [0.5, 0.6) is 5.75 Å². The quantitative estimate of drug-likeness (QED) is 0.764. The van der Waals surface area contributed by atoms with Gasteiger partial charge in [0.25, 0.3) is 0 Å². The fourth-order valence-electron chi connectivity index (χ4n) is 1.83. The molecule has 4 nitrogen and oxygen atoms in total. The number of benzene rings is 1. The van der Waals surface area contributed by atoms with Gasteiger partial charge in [0.2, 0.25) is 0 Å². The molecule has 1 aromatic carbocycles. The number of para-hydroxylation sites is 1. The van der Waals surface area contributed by atoms with E-state index in [-0.39, 0.29) is 0 Å². The molecule has 0 aliphatic carbocycles. The highest BCUT2D eigenvalue weighted by molar-refractivity contribution is 5.52. The van der Waals surface area contributed by atoms with Crippen molar-refractivity contribution in [2.75, 3.05) is 5.73 Å². The molecule has 3 aromatic rings. The van der Waals surface area contributed by atoms with Gasteiger partial charge in [-0.3, -0.25) is 4.40 Å². The third-order valence-electron chi connectivity index (χ3n) is 2.74. The van der Waals surface area contributed by atoms with Crippen molar-refractivity contribution in [1.29, 1.82) is 0 Å². The average Bonchev–Trinajstić information content (AvgIpc) is 2.80. The summed E-state index contributed by atoms with van der Waals surface area (Å²) in [6, 6.07) is 13.5. The number of rotatable bonds is 3. The predicted molar refractivity (Wildman–Crippen MR) is 70.4 cm³/mol. The van der Waals surface area contributed by atoms with Crippen molar-refractivity contribution in [3.8, 4) is 5.75 Å². The third kappa shape index (κ3) is 2.00. The van der Waals surface area contributed by atoms with Crippen LogP contribution < -0.4 is 10.5 Å². The van der Waals surface area contributed by atoms with E-state index in [1.165, 1.54) is 0 Å². The molecule has 0 radical (unpaired) electrons. The lowest BCUT2D eigenvalue weighted by Gasteiger charge is -2.05. The zero-order valence-corrected chi connectivity index (χ0v) is 9.78. The van der Waals surface area contributed by atoms with E-state index in [9.17, 15) is 0 Å². The molecule has 0 fully saturated rings. The molecule has 2 aromatic heterocycles. The lowest BCUT2D eigenvalue weighted by molar-refractivity contribution is 0.295. The summed E-state index contributed by atoms with van der Waals surface area (Å²) in [5, 5.41) is 0. The Labute approximate surface area is 105 Å². The maximum Gasteiger partial charge on any atom is 0.151 e. The second kappa shape index (κ2) is 4.41. The Bertz CT molecular complexity index is 661. The average molecular weight is 239 g/mol. The molecular formula is C14H13N3O. The van der Waals surface area contributed by atoms with Crippen LogP contribution in [0.2, 0.25) is 0 Å². The first kappa shape index (κ1) is 10.7. The molecule has 90 valence electrons. The van der Waals surface area contributed by atoms with E-state index in [0.717, 1.165) is 17.1 Å². The molecule has 0 aliphatic rings. The number of nitrogens with two attached hydrogens (primary N) is 1. The SMILES string of the molecule is Nc1ccc2cnc(COc3ccccc3)n2c1. The summed E-state index contributed by atoms with van der Waals surface area (Å²) in [5.74, 6) is 1.67. The number of ether oxygens (including phenoxy) is 1. The zero-order chi connectivity index (χ0) is 12.4. The van der Waals surface area contributed by atoms with Gasteiger partial charge in [-0.2, -0.15) is 0 Å². The summed E-state index contributed by atoms with van der Waals surface area (Å²) in [5.41, 5.74) is 7.49. The smallest absolute Gasteiger partial charge is 0.151 e. The molecule has 0 amide bonds. The van der Waals surface area contributed by atoms with Crippen LogP contribution in [0.15, 0.2) is 54.9 Å². The first-order chi connectivity index (χ1) is 8.83. The monoisotopic (exact) mass is 239 g/mol. The minimum Gasteiger partial charge on any atom is -0.486 e. The molecule has 0 aliphatic heterocycles. The van der Waals surface area contributed by atoms with Crippen LogP contribution in [0.25, 0.3) is 5.52 Å². The van der Waals surface area contributed by atoms with Crippen LogP contribution in [0.4, 0.5) is 5.69 Å².